The molecule has 15 rings (SSSR count). The Bertz CT molecular complexity index is 5950. The quantitative estimate of drug-likeness (QED) is 0.0158. The zero-order chi connectivity index (χ0) is 95.7. The molecule has 0 N–H and O–H groups in total. The van der Waals surface area contributed by atoms with Crippen molar-refractivity contribution in [1.82, 2.24) is 0 Å². The number of ether oxygens (including phenoxy) is 5. The van der Waals surface area contributed by atoms with E-state index in [-0.39, 0.29) is 35.8 Å². The van der Waals surface area contributed by atoms with Gasteiger partial charge in [0.15, 0.2) is 0 Å². The van der Waals surface area contributed by atoms with Crippen molar-refractivity contribution in [3.63, 3.8) is 0 Å². The number of nitrogens with zero attached hydrogens (tertiary/aromatic N) is 5. The molecule has 0 heterocycles. The van der Waals surface area contributed by atoms with Crippen LogP contribution in [0.15, 0.2) is 267 Å². The van der Waals surface area contributed by atoms with E-state index in [1.54, 1.807) is 0 Å². The van der Waals surface area contributed by atoms with Crippen LogP contribution in [0.1, 0.15) is 193 Å². The summed E-state index contributed by atoms with van der Waals surface area (Å²) < 4.78 is 33.8. The summed E-state index contributed by atoms with van der Waals surface area (Å²) in [7, 11) is 6.25. The number of esters is 5. The Morgan fingerprint density at radius 2 is 0.440 bits per heavy atom. The molecular weight excluding hydrogens is 1660 g/mol. The van der Waals surface area contributed by atoms with Gasteiger partial charge in [-0.15, -0.1) is 0 Å². The average Bonchev–Trinajstić information content (AvgIpc) is 1.77. The summed E-state index contributed by atoms with van der Waals surface area (Å²) in [6, 6.07) is 89.2. The minimum Gasteiger partial charge on any atom is -0.459 e. The molecule has 0 bridgehead atoms. The molecule has 0 fully saturated rings. The Labute approximate surface area is 798 Å². The van der Waals surface area contributed by atoms with Crippen LogP contribution in [-0.2, 0) is 28.5 Å². The maximum Gasteiger partial charge on any atom is 0.339 e. The molecule has 134 heavy (non-hydrogen) atoms. The van der Waals surface area contributed by atoms with E-state index in [1.807, 2.05) is 194 Å². The summed E-state index contributed by atoms with van der Waals surface area (Å²) in [5.74, 6) is -1.29. The van der Waals surface area contributed by atoms with Gasteiger partial charge in [-0.3, -0.25) is 4.79 Å². The maximum absolute atomic E-state index is 13.2. The molecule has 0 aromatic heterocycles. The maximum atomic E-state index is 13.2. The van der Waals surface area contributed by atoms with Gasteiger partial charge in [-0.2, -0.15) is 0 Å². The number of rotatable bonds is 40. The van der Waals surface area contributed by atoms with Crippen molar-refractivity contribution < 1.29 is 70.1 Å². The lowest BCUT2D eigenvalue weighted by atomic mass is 9.97. The summed E-state index contributed by atoms with van der Waals surface area (Å²) in [6.07, 6.45) is 9.46. The van der Waals surface area contributed by atoms with E-state index in [4.69, 9.17) is 23.7 Å². The number of quaternary nitrogens is 5. The third-order valence-corrected chi connectivity index (χ3v) is 28.0. The average molecular weight is 1810 g/mol. The molecule has 2 unspecified atom stereocenters. The molecule has 0 saturated heterocycles. The van der Waals surface area contributed by atoms with Crippen molar-refractivity contribution in [2.75, 3.05) is 165 Å². The van der Waals surface area contributed by atoms with Gasteiger partial charge in [0.05, 0.1) is 122 Å². The summed E-state index contributed by atoms with van der Waals surface area (Å²) in [6.45, 7) is 46.7. The Morgan fingerprint density at radius 3 is 0.672 bits per heavy atom. The molecule has 0 spiro atoms. The topological polar surface area (TPSA) is 132 Å². The van der Waals surface area contributed by atoms with Crippen molar-refractivity contribution in [3.05, 3.63) is 300 Å². The number of hydrogen-bond acceptors (Lipinski definition) is 10. The SMILES string of the molecule is CCCC[N+](CC)(CCC)CCOC(=O)C1c2ccccc2-c2ccccc21.CCCC[N+](CC)(CCC)CCOC(=O)c1c2ccccc2cc2ccccc12.CCC[N+](CC)(CCC)CCOC(=O)c1c2ccccc2cc2ccccc12.CC[N+](CC)(CC)CCOC(=O)c1c2ccccc2cc2ccccc12.C[N+](C)(C)CCOC(=O)c1c2ccccc2cc2ccccc12. The first-order valence-corrected chi connectivity index (χ1v) is 49.9. The summed E-state index contributed by atoms with van der Waals surface area (Å²) in [5.41, 5.74) is 7.20. The van der Waals surface area contributed by atoms with Gasteiger partial charge in [-0.1, -0.05) is 297 Å². The lowest BCUT2D eigenvalue weighted by molar-refractivity contribution is -0.927. The first-order valence-electron chi connectivity index (χ1n) is 49.9. The highest BCUT2D eigenvalue weighted by Crippen LogP contribution is 2.45. The molecule has 2 atom stereocenters. The van der Waals surface area contributed by atoms with E-state index < -0.39 is 0 Å². The number of benzene rings is 14. The van der Waals surface area contributed by atoms with Gasteiger partial charge in [0, 0.05) is 0 Å². The van der Waals surface area contributed by atoms with Gasteiger partial charge >= 0.3 is 29.8 Å². The van der Waals surface area contributed by atoms with Crippen molar-refractivity contribution in [1.29, 1.82) is 0 Å². The second-order valence-electron chi connectivity index (χ2n) is 37.3. The van der Waals surface area contributed by atoms with Gasteiger partial charge in [-0.05, 0) is 213 Å². The molecular formula is C119H150N5O10+5. The van der Waals surface area contributed by atoms with E-state index in [9.17, 15) is 24.0 Å². The van der Waals surface area contributed by atoms with Crippen molar-refractivity contribution in [3.8, 4) is 11.1 Å². The van der Waals surface area contributed by atoms with Gasteiger partial charge in [0.25, 0.3) is 0 Å². The van der Waals surface area contributed by atoms with Crippen LogP contribution in [-0.4, -0.2) is 218 Å². The van der Waals surface area contributed by atoms with Crippen molar-refractivity contribution in [2.45, 2.75) is 140 Å². The van der Waals surface area contributed by atoms with Crippen LogP contribution in [0.2, 0.25) is 0 Å². The van der Waals surface area contributed by atoms with Crippen LogP contribution in [0.3, 0.4) is 0 Å². The first-order chi connectivity index (χ1) is 65.0. The number of hydrogen-bond donors (Lipinski definition) is 0. The molecule has 15 nitrogen and oxygen atoms in total. The Hall–Kier alpha value is -11.7. The number of carbonyl (C=O) groups excluding carboxylic acids is 5. The molecule has 0 amide bonds. The van der Waals surface area contributed by atoms with E-state index in [2.05, 4.69) is 177 Å². The third kappa shape index (κ3) is 25.9. The van der Waals surface area contributed by atoms with Crippen LogP contribution in [0.25, 0.3) is 97.3 Å². The molecule has 1 aliphatic carbocycles. The fourth-order valence-electron chi connectivity index (χ4n) is 19.9. The second kappa shape index (κ2) is 50.0. The number of likely N-dealkylation sites (N-methyl/N-ethyl adjacent to an activating group) is 5. The molecule has 14 aromatic carbocycles. The van der Waals surface area contributed by atoms with Crippen LogP contribution < -0.4 is 0 Å². The van der Waals surface area contributed by atoms with E-state index in [1.165, 1.54) is 32.2 Å². The highest BCUT2D eigenvalue weighted by Gasteiger charge is 2.36. The predicted octanol–water partition coefficient (Wildman–Crippen LogP) is 26.3. The lowest BCUT2D eigenvalue weighted by Gasteiger charge is -2.37. The molecule has 15 heteroatoms. The Morgan fingerprint density at radius 1 is 0.231 bits per heavy atom. The third-order valence-electron chi connectivity index (χ3n) is 28.0. The molecule has 1 aliphatic rings. The number of carbonyl (C=O) groups is 5. The summed E-state index contributed by atoms with van der Waals surface area (Å²) >= 11 is 0. The highest BCUT2D eigenvalue weighted by molar-refractivity contribution is 6.20. The zero-order valence-corrected chi connectivity index (χ0v) is 83.0. The predicted molar refractivity (Wildman–Crippen MR) is 558 cm³/mol. The minimum atomic E-state index is -0.294. The summed E-state index contributed by atoms with van der Waals surface area (Å²) in [5, 5.41) is 16.2. The van der Waals surface area contributed by atoms with Crippen LogP contribution >= 0.6 is 0 Å². The smallest absolute Gasteiger partial charge is 0.339 e. The van der Waals surface area contributed by atoms with Crippen LogP contribution in [0.4, 0.5) is 0 Å². The van der Waals surface area contributed by atoms with Gasteiger partial charge in [0.1, 0.15) is 71.7 Å². The fraction of sp³-hybridized carbons (Fsp3) is 0.387. The second-order valence-corrected chi connectivity index (χ2v) is 37.3. The largest absolute Gasteiger partial charge is 0.459 e. The monoisotopic (exact) mass is 1810 g/mol. The van der Waals surface area contributed by atoms with E-state index in [0.29, 0.717) is 55.3 Å². The Balaban J connectivity index is 0.000000161. The molecule has 14 aromatic rings. The first kappa shape index (κ1) is 103. The highest BCUT2D eigenvalue weighted by atomic mass is 16.5. The van der Waals surface area contributed by atoms with Gasteiger partial charge in [0.2, 0.25) is 0 Å². The Kier molecular flexibility index (Phi) is 38.4. The molecule has 0 radical (unpaired) electrons. The molecule has 706 valence electrons. The van der Waals surface area contributed by atoms with Crippen LogP contribution in [0.5, 0.6) is 0 Å². The van der Waals surface area contributed by atoms with Crippen LogP contribution in [0, 0.1) is 0 Å². The van der Waals surface area contributed by atoms with E-state index >= 15 is 0 Å². The normalized spacial score (nSPS) is 12.8. The van der Waals surface area contributed by atoms with Gasteiger partial charge in [-0.25, -0.2) is 19.2 Å². The minimum absolute atomic E-state index is 0.112. The fourth-order valence-corrected chi connectivity index (χ4v) is 19.9. The molecule has 0 saturated carbocycles. The van der Waals surface area contributed by atoms with Crippen molar-refractivity contribution >= 4 is 116 Å². The lowest BCUT2D eigenvalue weighted by Crippen LogP contribution is -2.51. The summed E-state index contributed by atoms with van der Waals surface area (Å²) in [4.78, 5) is 65.1. The number of fused-ring (bicyclic) bond motifs is 11. The number of unbranched alkanes of at least 4 members (excludes halogenated alkanes) is 2. The molecule has 0 aliphatic heterocycles. The standard InChI is InChI=1S/C26H34NO2.C25H32NO2.C25H34NO2.C23H28NO2.C20H22NO2/c1-4-7-17-27(6-3,16-5-2)18-19-29-26(28)25-23-14-10-8-12-21(23)20-22-13-9-11-15-24(22)25;1-4-15-26(6-3,16-5-2)17-18-28-25(27)24-22-13-9-7-11-20(22)19-21-12-8-10-14-23(21)24;1-4-7-17-26(6-3,16-5-2)18-19-28-25(27)24-22-14-10-8-12-20(22)21-13-9-11-15-23(21)24;1-4-24(5-2,6-3)15-16-26-23(25)22-20-13-9-7-11-18(20)17-19-12-8-10-14-21(19)22;1-21(2,3)12-13-23-20(22)19-17-10-6-4-8-15(17)14-16-9-5-7-11-18(16)19/h8-15,20H,4-7,16-19H2,1-3H3;7-14,19H,4-6,15-18H2,1-3H3;8-15,24H,4-7,16-19H2,1-3H3;7-14,17H,4-6,15-16H2,1-3H3;4-11,14H,12-13H2,1-3H3/q5*+1. The van der Waals surface area contributed by atoms with Gasteiger partial charge < -0.3 is 46.1 Å². The van der Waals surface area contributed by atoms with E-state index in [0.717, 1.165) is 261 Å². The van der Waals surface area contributed by atoms with Crippen molar-refractivity contribution in [2.24, 2.45) is 0 Å². The zero-order valence-electron chi connectivity index (χ0n) is 83.0.